The largest absolute Gasteiger partial charge is 3.00 e. The van der Waals surface area contributed by atoms with Gasteiger partial charge in [0.15, 0.2) is 0 Å². The number of hydrogen-bond donors (Lipinski definition) is 3. The first-order chi connectivity index (χ1) is 23.5. The molecular formula is C36H57FeN6O9. The summed E-state index contributed by atoms with van der Waals surface area (Å²) in [6, 6.07) is 0. The standard InChI is InChI=1S/3C12H19N2O3.Fe/c3*1-7(2)5-9-12(16)14(17)10(6-13-9)11(15)8(3)4;/h3*6-8,11,15H,5H2,1-4H3;/q3*-1;+3. The molecule has 3 atom stereocenters. The van der Waals surface area contributed by atoms with E-state index in [1.807, 2.05) is 41.5 Å². The number of hydrogen-bond acceptors (Lipinski definition) is 12. The number of aliphatic hydroxyl groups excluding tert-OH is 3. The van der Waals surface area contributed by atoms with Gasteiger partial charge in [-0.15, -0.1) is 0 Å². The minimum atomic E-state index is -0.958. The smallest absolute Gasteiger partial charge is 0.803 e. The number of aromatic nitrogens is 6. The molecule has 3 aromatic heterocycles. The summed E-state index contributed by atoms with van der Waals surface area (Å²) in [7, 11) is 0. The normalized spacial score (nSPS) is 13.1. The molecule has 0 aliphatic rings. The Kier molecular flexibility index (Phi) is 20.3. The van der Waals surface area contributed by atoms with Crippen molar-refractivity contribution in [2.24, 2.45) is 35.5 Å². The van der Waals surface area contributed by atoms with Gasteiger partial charge >= 0.3 is 17.1 Å². The van der Waals surface area contributed by atoms with Crippen LogP contribution in [-0.4, -0.2) is 44.5 Å². The van der Waals surface area contributed by atoms with Crippen LogP contribution in [0, 0.1) is 51.1 Å². The van der Waals surface area contributed by atoms with E-state index < -0.39 is 35.0 Å². The van der Waals surface area contributed by atoms with E-state index in [2.05, 4.69) is 15.0 Å². The van der Waals surface area contributed by atoms with Gasteiger partial charge in [0.1, 0.15) is 17.1 Å². The zero-order valence-electron chi connectivity index (χ0n) is 32.4. The van der Waals surface area contributed by atoms with Gasteiger partial charge in [0.2, 0.25) is 0 Å². The van der Waals surface area contributed by atoms with Gasteiger partial charge in [-0.2, -0.15) is 0 Å². The van der Waals surface area contributed by atoms with Crippen LogP contribution in [0.15, 0.2) is 33.0 Å². The van der Waals surface area contributed by atoms with Crippen molar-refractivity contribution in [3.63, 3.8) is 0 Å². The van der Waals surface area contributed by atoms with E-state index in [4.69, 9.17) is 0 Å². The molecule has 16 heteroatoms. The zero-order chi connectivity index (χ0) is 39.5. The molecule has 0 aliphatic heterocycles. The Morgan fingerprint density at radius 1 is 0.481 bits per heavy atom. The Morgan fingerprint density at radius 3 is 0.827 bits per heavy atom. The van der Waals surface area contributed by atoms with Crippen LogP contribution in [0.1, 0.15) is 136 Å². The third-order valence-corrected chi connectivity index (χ3v) is 7.66. The average molecular weight is 774 g/mol. The quantitative estimate of drug-likeness (QED) is 0.217. The zero-order valence-corrected chi connectivity index (χ0v) is 33.5. The molecule has 3 rings (SSSR count). The van der Waals surface area contributed by atoms with E-state index >= 15 is 0 Å². The first-order valence-electron chi connectivity index (χ1n) is 17.4. The maximum absolute atomic E-state index is 11.7. The predicted molar refractivity (Wildman–Crippen MR) is 197 cm³/mol. The maximum Gasteiger partial charge on any atom is 3.00 e. The molecule has 0 aliphatic carbocycles. The van der Waals surface area contributed by atoms with Gasteiger partial charge in [0, 0.05) is 18.6 Å². The number of aliphatic hydroxyl groups is 3. The van der Waals surface area contributed by atoms with Gasteiger partial charge in [-0.25, -0.2) is 0 Å². The monoisotopic (exact) mass is 773 g/mol. The summed E-state index contributed by atoms with van der Waals surface area (Å²) in [4.78, 5) is 47.2. The van der Waals surface area contributed by atoms with Gasteiger partial charge in [-0.3, -0.25) is 29.3 Å². The SMILES string of the molecule is CC(C)Cc1ncc(C(O)C(C)C)n([O-])c1=O.CC(C)Cc1ncc(C(O)C(C)C)n([O-])c1=O.CC(C)Cc1ncc(C(O)C(C)C)n([O-])c1=O.[Fe+3]. The minimum Gasteiger partial charge on any atom is -0.803 e. The molecule has 3 aromatic rings. The van der Waals surface area contributed by atoms with Gasteiger partial charge in [0.05, 0.1) is 35.4 Å². The second-order valence-electron chi connectivity index (χ2n) is 15.0. The van der Waals surface area contributed by atoms with Gasteiger partial charge in [-0.05, 0) is 54.8 Å². The summed E-state index contributed by atoms with van der Waals surface area (Å²) < 4.78 is 0.778. The number of nitrogens with zero attached hydrogens (tertiary/aromatic N) is 6. The minimum absolute atomic E-state index is 0. The van der Waals surface area contributed by atoms with Crippen LogP contribution in [0.4, 0.5) is 0 Å². The van der Waals surface area contributed by atoms with Crippen LogP contribution < -0.4 is 16.7 Å². The fourth-order valence-electron chi connectivity index (χ4n) is 4.65. The molecule has 0 aromatic carbocycles. The third-order valence-electron chi connectivity index (χ3n) is 7.66. The summed E-state index contributed by atoms with van der Waals surface area (Å²) in [5.41, 5.74) is -1.12. The second-order valence-corrected chi connectivity index (χ2v) is 15.0. The van der Waals surface area contributed by atoms with Crippen molar-refractivity contribution >= 4 is 0 Å². The van der Waals surface area contributed by atoms with E-state index in [0.717, 1.165) is 0 Å². The summed E-state index contributed by atoms with van der Waals surface area (Å²) in [5, 5.41) is 64.5. The van der Waals surface area contributed by atoms with E-state index in [1.54, 1.807) is 41.5 Å². The molecule has 3 unspecified atom stereocenters. The van der Waals surface area contributed by atoms with Crippen molar-refractivity contribution < 1.29 is 32.4 Å². The third kappa shape index (κ3) is 13.8. The van der Waals surface area contributed by atoms with Crippen LogP contribution in [0.5, 0.6) is 0 Å². The Labute approximate surface area is 316 Å². The molecule has 0 spiro atoms. The predicted octanol–water partition coefficient (Wildman–Crippen LogP) is 4.43. The van der Waals surface area contributed by atoms with Crippen LogP contribution >= 0.6 is 0 Å². The molecule has 3 heterocycles. The average Bonchev–Trinajstić information content (AvgIpc) is 3.03. The molecule has 1 radical (unpaired) electrons. The topological polar surface area (TPSA) is 235 Å². The Morgan fingerprint density at radius 2 is 0.673 bits per heavy atom. The molecule has 52 heavy (non-hydrogen) atoms. The van der Waals surface area contributed by atoms with Crippen molar-refractivity contribution in [3.05, 3.63) is 99.4 Å². The fraction of sp³-hybridized carbons (Fsp3) is 0.667. The van der Waals surface area contributed by atoms with Crippen molar-refractivity contribution in [2.45, 2.75) is 121 Å². The van der Waals surface area contributed by atoms with Crippen LogP contribution in [0.3, 0.4) is 0 Å². The first-order valence-corrected chi connectivity index (χ1v) is 17.4. The molecular weight excluding hydrogens is 716 g/mol. The Hall–Kier alpha value is -3.56. The van der Waals surface area contributed by atoms with Crippen LogP contribution in [0.25, 0.3) is 0 Å². The molecule has 0 bridgehead atoms. The van der Waals surface area contributed by atoms with Gasteiger partial charge < -0.3 is 45.1 Å². The van der Waals surface area contributed by atoms with E-state index in [0.29, 0.717) is 19.3 Å². The van der Waals surface area contributed by atoms with Crippen LogP contribution in [-0.2, 0) is 36.3 Å². The number of rotatable bonds is 12. The molecule has 0 saturated carbocycles. The molecule has 0 saturated heterocycles. The van der Waals surface area contributed by atoms with E-state index in [-0.39, 0.29) is 101 Å². The Bertz CT molecular complexity index is 1520. The van der Waals surface area contributed by atoms with Crippen LogP contribution in [0.2, 0.25) is 0 Å². The van der Waals surface area contributed by atoms with Crippen molar-refractivity contribution in [1.82, 2.24) is 29.1 Å². The summed E-state index contributed by atoms with van der Waals surface area (Å²) in [5.74, 6) is 0.385. The Balaban J connectivity index is 0.000000743. The molecule has 0 fully saturated rings. The van der Waals surface area contributed by atoms with E-state index in [1.165, 1.54) is 18.6 Å². The van der Waals surface area contributed by atoms with Crippen molar-refractivity contribution in [1.29, 1.82) is 0 Å². The second kappa shape index (κ2) is 21.8. The van der Waals surface area contributed by atoms with Gasteiger partial charge in [0.25, 0.3) is 16.7 Å². The molecule has 15 nitrogen and oxygen atoms in total. The first kappa shape index (κ1) is 48.4. The van der Waals surface area contributed by atoms with Crippen molar-refractivity contribution in [3.8, 4) is 0 Å². The molecule has 293 valence electrons. The fourth-order valence-corrected chi connectivity index (χ4v) is 4.65. The maximum atomic E-state index is 11.7. The summed E-state index contributed by atoms with van der Waals surface area (Å²) >= 11 is 0. The molecule has 3 N–H and O–H groups in total. The summed E-state index contributed by atoms with van der Waals surface area (Å²) in [6.07, 6.45) is 2.45. The van der Waals surface area contributed by atoms with Crippen molar-refractivity contribution in [2.75, 3.05) is 0 Å². The van der Waals surface area contributed by atoms with E-state index in [9.17, 15) is 45.3 Å². The summed E-state index contributed by atoms with van der Waals surface area (Å²) in [6.45, 7) is 22.4. The van der Waals surface area contributed by atoms with Gasteiger partial charge in [-0.1, -0.05) is 83.1 Å². The molecule has 0 amide bonds.